The maximum absolute atomic E-state index is 11.8. The molecule has 0 fully saturated rings. The van der Waals surface area contributed by atoms with Crippen LogP contribution in [0.5, 0.6) is 0 Å². The number of hydrogen-bond acceptors (Lipinski definition) is 6. The molecule has 0 aliphatic carbocycles. The summed E-state index contributed by atoms with van der Waals surface area (Å²) in [6.07, 6.45) is 0.0258. The van der Waals surface area contributed by atoms with E-state index in [1.165, 1.54) is 28.8 Å². The average molecular weight is 350 g/mol. The average Bonchev–Trinajstić information content (AvgIpc) is 2.89. The normalized spacial score (nSPS) is 10.2. The highest BCUT2D eigenvalue weighted by Crippen LogP contribution is 2.11. The van der Waals surface area contributed by atoms with E-state index >= 15 is 0 Å². The Hall–Kier alpha value is -3.01. The molecular formula is C14H14N4O5S. The second kappa shape index (κ2) is 7.51. The highest BCUT2D eigenvalue weighted by Gasteiger charge is 2.11. The predicted octanol–water partition coefficient (Wildman–Crippen LogP) is 0.978. The number of nitro groups is 1. The molecule has 0 saturated heterocycles. The van der Waals surface area contributed by atoms with Crippen LogP contribution in [0.25, 0.3) is 0 Å². The van der Waals surface area contributed by atoms with Crippen molar-refractivity contribution in [2.75, 3.05) is 0 Å². The molecule has 2 rings (SSSR count). The summed E-state index contributed by atoms with van der Waals surface area (Å²) in [5.41, 5.74) is 5.26. The molecule has 0 radical (unpaired) electrons. The summed E-state index contributed by atoms with van der Waals surface area (Å²) in [7, 11) is 0. The van der Waals surface area contributed by atoms with Crippen molar-refractivity contribution >= 4 is 28.8 Å². The maximum Gasteiger partial charge on any atom is 0.307 e. The Bertz CT molecular complexity index is 824. The molecule has 2 aromatic rings. The number of hydrazine groups is 1. The molecule has 0 aliphatic rings. The summed E-state index contributed by atoms with van der Waals surface area (Å²) < 4.78 is 1.47. The molecule has 24 heavy (non-hydrogen) atoms. The Morgan fingerprint density at radius 2 is 1.92 bits per heavy atom. The van der Waals surface area contributed by atoms with Gasteiger partial charge in [-0.05, 0) is 19.1 Å². The lowest BCUT2D eigenvalue weighted by atomic mass is 10.2. The third-order valence-corrected chi connectivity index (χ3v) is 4.08. The van der Waals surface area contributed by atoms with Gasteiger partial charge in [-0.3, -0.25) is 35.3 Å². The van der Waals surface area contributed by atoms with Crippen molar-refractivity contribution in [1.29, 1.82) is 0 Å². The summed E-state index contributed by atoms with van der Waals surface area (Å²) in [5, 5.41) is 12.2. The quantitative estimate of drug-likeness (QED) is 0.614. The molecule has 0 unspecified atom stereocenters. The molecule has 126 valence electrons. The lowest BCUT2D eigenvalue weighted by Gasteiger charge is -2.08. The number of rotatable bonds is 5. The molecule has 2 N–H and O–H groups in total. The zero-order valence-electron chi connectivity index (χ0n) is 12.6. The number of aromatic nitrogens is 1. The number of hydrogen-bond donors (Lipinski definition) is 2. The van der Waals surface area contributed by atoms with Gasteiger partial charge in [0.15, 0.2) is 0 Å². The maximum atomic E-state index is 11.8. The van der Waals surface area contributed by atoms with Gasteiger partial charge in [-0.25, -0.2) is 0 Å². The van der Waals surface area contributed by atoms with E-state index in [1.54, 1.807) is 12.3 Å². The standard InChI is InChI=1S/C14H14N4O5S/c1-9-8-24-14(21)17(9)7-6-12(19)15-16-13(20)10-2-4-11(5-3-10)18(22)23/h2-5,8H,6-7H2,1H3,(H,15,19)(H,16,20). The zero-order chi connectivity index (χ0) is 17.7. The van der Waals surface area contributed by atoms with Gasteiger partial charge in [-0.2, -0.15) is 0 Å². The molecule has 9 nitrogen and oxygen atoms in total. The molecule has 0 aliphatic heterocycles. The molecule has 0 atom stereocenters. The Morgan fingerprint density at radius 1 is 1.25 bits per heavy atom. The third-order valence-electron chi connectivity index (χ3n) is 3.19. The highest BCUT2D eigenvalue weighted by atomic mass is 32.1. The third kappa shape index (κ3) is 4.26. The number of thiazole rings is 1. The Morgan fingerprint density at radius 3 is 2.46 bits per heavy atom. The second-order valence-electron chi connectivity index (χ2n) is 4.85. The van der Waals surface area contributed by atoms with Gasteiger partial charge in [0.1, 0.15) is 0 Å². The molecule has 10 heteroatoms. The summed E-state index contributed by atoms with van der Waals surface area (Å²) in [6.45, 7) is 1.99. The highest BCUT2D eigenvalue weighted by molar-refractivity contribution is 7.07. The number of carbonyl (C=O) groups is 2. The van der Waals surface area contributed by atoms with Gasteiger partial charge in [0.05, 0.1) is 4.92 Å². The second-order valence-corrected chi connectivity index (χ2v) is 5.67. The van der Waals surface area contributed by atoms with Crippen molar-refractivity contribution in [3.63, 3.8) is 0 Å². The Balaban J connectivity index is 1.84. The number of amides is 2. The van der Waals surface area contributed by atoms with Crippen LogP contribution in [0.1, 0.15) is 22.5 Å². The first kappa shape index (κ1) is 17.3. The molecule has 1 aromatic heterocycles. The van der Waals surface area contributed by atoms with Crippen molar-refractivity contribution in [3.8, 4) is 0 Å². The zero-order valence-corrected chi connectivity index (χ0v) is 13.5. The molecule has 1 heterocycles. The summed E-state index contributed by atoms with van der Waals surface area (Å²) >= 11 is 1.06. The van der Waals surface area contributed by atoms with Crippen molar-refractivity contribution in [2.24, 2.45) is 0 Å². The minimum absolute atomic E-state index is 0.0258. The van der Waals surface area contributed by atoms with Crippen LogP contribution in [0.2, 0.25) is 0 Å². The van der Waals surface area contributed by atoms with Gasteiger partial charge < -0.3 is 4.57 Å². The first-order valence-electron chi connectivity index (χ1n) is 6.87. The fraction of sp³-hybridized carbons (Fsp3) is 0.214. The van der Waals surface area contributed by atoms with Gasteiger partial charge in [-0.15, -0.1) is 0 Å². The first-order valence-corrected chi connectivity index (χ1v) is 7.75. The van der Waals surface area contributed by atoms with Crippen molar-refractivity contribution < 1.29 is 14.5 Å². The lowest BCUT2D eigenvalue weighted by molar-refractivity contribution is -0.384. The van der Waals surface area contributed by atoms with E-state index in [2.05, 4.69) is 10.9 Å². The fourth-order valence-corrected chi connectivity index (χ4v) is 2.64. The molecular weight excluding hydrogens is 336 g/mol. The minimum Gasteiger partial charge on any atom is -0.303 e. The van der Waals surface area contributed by atoms with Gasteiger partial charge in [0.25, 0.3) is 11.6 Å². The van der Waals surface area contributed by atoms with E-state index in [-0.39, 0.29) is 29.1 Å². The van der Waals surface area contributed by atoms with Crippen LogP contribution in [0.15, 0.2) is 34.4 Å². The van der Waals surface area contributed by atoms with Crippen LogP contribution < -0.4 is 15.7 Å². The summed E-state index contributed by atoms with van der Waals surface area (Å²) in [4.78, 5) is 44.9. The van der Waals surface area contributed by atoms with Crippen LogP contribution in [-0.2, 0) is 11.3 Å². The number of nitrogens with zero attached hydrogens (tertiary/aromatic N) is 2. The number of non-ortho nitro benzene ring substituents is 1. The number of nitro benzene ring substituents is 1. The largest absolute Gasteiger partial charge is 0.307 e. The first-order chi connectivity index (χ1) is 11.4. The van der Waals surface area contributed by atoms with Crippen LogP contribution in [0.4, 0.5) is 5.69 Å². The molecule has 2 amide bonds. The van der Waals surface area contributed by atoms with E-state index in [9.17, 15) is 24.5 Å². The minimum atomic E-state index is -0.595. The van der Waals surface area contributed by atoms with E-state index in [0.717, 1.165) is 17.0 Å². The molecule has 0 saturated carbocycles. The topological polar surface area (TPSA) is 123 Å². The van der Waals surface area contributed by atoms with E-state index < -0.39 is 16.7 Å². The summed E-state index contributed by atoms with van der Waals surface area (Å²) in [5.74, 6) is -1.05. The number of aryl methyl sites for hydroxylation is 1. The van der Waals surface area contributed by atoms with Crippen molar-refractivity contribution in [2.45, 2.75) is 19.9 Å². The Labute approximate surface area is 140 Å². The lowest BCUT2D eigenvalue weighted by Crippen LogP contribution is -2.42. The molecule has 0 spiro atoms. The monoisotopic (exact) mass is 350 g/mol. The predicted molar refractivity (Wildman–Crippen MR) is 86.6 cm³/mol. The number of benzene rings is 1. The molecule has 1 aromatic carbocycles. The fourth-order valence-electron chi connectivity index (χ4n) is 1.88. The van der Waals surface area contributed by atoms with Crippen LogP contribution in [0.3, 0.4) is 0 Å². The van der Waals surface area contributed by atoms with Crippen LogP contribution in [-0.4, -0.2) is 21.3 Å². The van der Waals surface area contributed by atoms with Crippen molar-refractivity contribution in [1.82, 2.24) is 15.4 Å². The van der Waals surface area contributed by atoms with Crippen LogP contribution >= 0.6 is 11.3 Å². The van der Waals surface area contributed by atoms with Crippen molar-refractivity contribution in [3.05, 3.63) is 60.7 Å². The van der Waals surface area contributed by atoms with Gasteiger partial charge in [0, 0.05) is 41.7 Å². The Kier molecular flexibility index (Phi) is 5.42. The smallest absolute Gasteiger partial charge is 0.303 e. The van der Waals surface area contributed by atoms with Gasteiger partial charge in [0.2, 0.25) is 5.91 Å². The number of nitrogens with one attached hydrogen (secondary N) is 2. The van der Waals surface area contributed by atoms with Gasteiger partial charge >= 0.3 is 4.87 Å². The van der Waals surface area contributed by atoms with E-state index in [4.69, 9.17) is 0 Å². The van der Waals surface area contributed by atoms with E-state index in [1.807, 2.05) is 0 Å². The summed E-state index contributed by atoms with van der Waals surface area (Å²) in [6, 6.07) is 4.97. The number of carbonyl (C=O) groups excluding carboxylic acids is 2. The molecule has 0 bridgehead atoms. The van der Waals surface area contributed by atoms with Gasteiger partial charge in [-0.1, -0.05) is 11.3 Å². The van der Waals surface area contributed by atoms with Crippen LogP contribution in [0, 0.1) is 17.0 Å². The SMILES string of the molecule is Cc1csc(=O)n1CCC(=O)NNC(=O)c1ccc([N+](=O)[O-])cc1. The van der Waals surface area contributed by atoms with E-state index in [0.29, 0.717) is 0 Å².